The molecule has 0 aliphatic rings. The predicted octanol–water partition coefficient (Wildman–Crippen LogP) is 1.52. The Morgan fingerprint density at radius 2 is 1.80 bits per heavy atom. The Kier molecular flexibility index (Phi) is 4.10. The van der Waals surface area contributed by atoms with E-state index in [0.717, 1.165) is 5.69 Å². The first-order chi connectivity index (χ1) is 9.58. The Bertz CT molecular complexity index is 626. The van der Waals surface area contributed by atoms with Crippen molar-refractivity contribution in [3.63, 3.8) is 0 Å². The maximum atomic E-state index is 12.5. The minimum absolute atomic E-state index is 0.182. The fraction of sp³-hybridized carbons (Fsp3) is 0.133. The summed E-state index contributed by atoms with van der Waals surface area (Å²) in [6, 6.07) is 14.1. The van der Waals surface area contributed by atoms with Crippen LogP contribution in [-0.2, 0) is 4.79 Å². The van der Waals surface area contributed by atoms with E-state index >= 15 is 0 Å². The van der Waals surface area contributed by atoms with Crippen LogP contribution in [0.25, 0.3) is 0 Å². The number of para-hydroxylation sites is 1. The molecular weight excluding hydrogens is 254 g/mol. The van der Waals surface area contributed by atoms with Crippen LogP contribution in [-0.4, -0.2) is 23.3 Å². The number of hydrogen-bond donors (Lipinski definition) is 1. The van der Waals surface area contributed by atoms with Crippen LogP contribution in [0.15, 0.2) is 48.5 Å². The number of anilines is 1. The molecule has 0 atom stereocenters. The van der Waals surface area contributed by atoms with E-state index in [1.54, 1.807) is 49.4 Å². The molecule has 1 heterocycles. The lowest BCUT2D eigenvalue weighted by Crippen LogP contribution is -2.39. The summed E-state index contributed by atoms with van der Waals surface area (Å²) >= 11 is 0. The number of primary amides is 1. The van der Waals surface area contributed by atoms with E-state index in [0.29, 0.717) is 5.69 Å². The highest BCUT2D eigenvalue weighted by Gasteiger charge is 2.20. The molecule has 2 N–H and O–H groups in total. The molecule has 1 aromatic carbocycles. The monoisotopic (exact) mass is 269 g/mol. The van der Waals surface area contributed by atoms with Gasteiger partial charge in [-0.3, -0.25) is 14.5 Å². The van der Waals surface area contributed by atoms with E-state index in [-0.39, 0.29) is 18.1 Å². The largest absolute Gasteiger partial charge is 0.368 e. The SMILES string of the molecule is Cc1cccc(C(=O)N(CC(N)=O)c2ccccc2)n1. The van der Waals surface area contributed by atoms with Crippen LogP contribution in [0.4, 0.5) is 5.69 Å². The van der Waals surface area contributed by atoms with Crippen molar-refractivity contribution in [3.8, 4) is 0 Å². The average Bonchev–Trinajstić information content (AvgIpc) is 2.45. The first-order valence-corrected chi connectivity index (χ1v) is 6.17. The molecule has 0 saturated heterocycles. The molecule has 20 heavy (non-hydrogen) atoms. The maximum Gasteiger partial charge on any atom is 0.277 e. The molecule has 5 nitrogen and oxygen atoms in total. The number of nitrogens with two attached hydrogens (primary N) is 1. The van der Waals surface area contributed by atoms with Crippen LogP contribution in [0.5, 0.6) is 0 Å². The van der Waals surface area contributed by atoms with Crippen molar-refractivity contribution in [2.75, 3.05) is 11.4 Å². The van der Waals surface area contributed by atoms with Gasteiger partial charge in [0.25, 0.3) is 5.91 Å². The normalized spacial score (nSPS) is 10.1. The first kappa shape index (κ1) is 13.7. The number of nitrogens with zero attached hydrogens (tertiary/aromatic N) is 2. The number of aromatic nitrogens is 1. The zero-order chi connectivity index (χ0) is 14.5. The number of rotatable bonds is 4. The first-order valence-electron chi connectivity index (χ1n) is 6.17. The summed E-state index contributed by atoms with van der Waals surface area (Å²) < 4.78 is 0. The van der Waals surface area contributed by atoms with Gasteiger partial charge in [0, 0.05) is 11.4 Å². The van der Waals surface area contributed by atoms with Gasteiger partial charge in [0.1, 0.15) is 12.2 Å². The average molecular weight is 269 g/mol. The predicted molar refractivity (Wildman–Crippen MR) is 76.3 cm³/mol. The van der Waals surface area contributed by atoms with Crippen molar-refractivity contribution in [3.05, 3.63) is 59.9 Å². The molecule has 0 aliphatic carbocycles. The van der Waals surface area contributed by atoms with Gasteiger partial charge in [0.2, 0.25) is 5.91 Å². The number of hydrogen-bond acceptors (Lipinski definition) is 3. The van der Waals surface area contributed by atoms with E-state index in [4.69, 9.17) is 5.73 Å². The van der Waals surface area contributed by atoms with Gasteiger partial charge < -0.3 is 5.73 Å². The van der Waals surface area contributed by atoms with Gasteiger partial charge in [-0.05, 0) is 31.2 Å². The molecule has 0 fully saturated rings. The lowest BCUT2D eigenvalue weighted by molar-refractivity contribution is -0.116. The molecule has 0 aliphatic heterocycles. The Balaban J connectivity index is 2.36. The standard InChI is InChI=1S/C15H15N3O2/c1-11-6-5-9-13(17-11)15(20)18(10-14(16)19)12-7-3-2-4-8-12/h2-9H,10H2,1H3,(H2,16,19). The van der Waals surface area contributed by atoms with Gasteiger partial charge in [-0.2, -0.15) is 0 Å². The highest BCUT2D eigenvalue weighted by molar-refractivity contribution is 6.07. The second-order valence-electron chi connectivity index (χ2n) is 4.36. The highest BCUT2D eigenvalue weighted by Crippen LogP contribution is 2.15. The van der Waals surface area contributed by atoms with Gasteiger partial charge in [-0.25, -0.2) is 4.98 Å². The number of aryl methyl sites for hydroxylation is 1. The molecule has 0 radical (unpaired) electrons. The zero-order valence-corrected chi connectivity index (χ0v) is 11.1. The summed E-state index contributed by atoms with van der Waals surface area (Å²) in [7, 11) is 0. The molecule has 5 heteroatoms. The summed E-state index contributed by atoms with van der Waals surface area (Å²) in [5.41, 5.74) is 6.86. The van der Waals surface area contributed by atoms with Crippen molar-refractivity contribution in [2.45, 2.75) is 6.92 Å². The molecule has 0 spiro atoms. The zero-order valence-electron chi connectivity index (χ0n) is 11.1. The third-order valence-electron chi connectivity index (χ3n) is 2.73. The van der Waals surface area contributed by atoms with Crippen molar-refractivity contribution >= 4 is 17.5 Å². The Morgan fingerprint density at radius 1 is 1.10 bits per heavy atom. The van der Waals surface area contributed by atoms with E-state index in [2.05, 4.69) is 4.98 Å². The maximum absolute atomic E-state index is 12.5. The second-order valence-corrected chi connectivity index (χ2v) is 4.36. The molecule has 0 saturated carbocycles. The molecule has 0 unspecified atom stereocenters. The lowest BCUT2D eigenvalue weighted by Gasteiger charge is -2.21. The Morgan fingerprint density at radius 3 is 2.40 bits per heavy atom. The third-order valence-corrected chi connectivity index (χ3v) is 2.73. The lowest BCUT2D eigenvalue weighted by atomic mass is 10.2. The van der Waals surface area contributed by atoms with Gasteiger partial charge in [0.05, 0.1) is 0 Å². The van der Waals surface area contributed by atoms with E-state index in [9.17, 15) is 9.59 Å². The minimum Gasteiger partial charge on any atom is -0.368 e. The summed E-state index contributed by atoms with van der Waals surface area (Å²) in [5, 5.41) is 0. The Hall–Kier alpha value is -2.69. The van der Waals surface area contributed by atoms with Crippen molar-refractivity contribution in [1.29, 1.82) is 0 Å². The number of carbonyl (C=O) groups is 2. The van der Waals surface area contributed by atoms with Crippen LogP contribution in [0.3, 0.4) is 0 Å². The molecule has 0 bridgehead atoms. The van der Waals surface area contributed by atoms with Gasteiger partial charge in [0.15, 0.2) is 0 Å². The summed E-state index contributed by atoms with van der Waals surface area (Å²) in [5.74, 6) is -0.923. The molecule has 2 amide bonds. The molecule has 2 aromatic rings. The number of pyridine rings is 1. The van der Waals surface area contributed by atoms with Crippen molar-refractivity contribution in [1.82, 2.24) is 4.98 Å². The van der Waals surface area contributed by atoms with Crippen LogP contribution in [0.1, 0.15) is 16.2 Å². The van der Waals surface area contributed by atoms with Crippen LogP contribution >= 0.6 is 0 Å². The number of benzene rings is 1. The second kappa shape index (κ2) is 5.97. The number of carbonyl (C=O) groups excluding carboxylic acids is 2. The highest BCUT2D eigenvalue weighted by atomic mass is 16.2. The fourth-order valence-electron chi connectivity index (χ4n) is 1.84. The Labute approximate surface area is 117 Å². The molecule has 2 rings (SSSR count). The summed E-state index contributed by atoms with van der Waals surface area (Å²) in [6.07, 6.45) is 0. The topological polar surface area (TPSA) is 76.3 Å². The van der Waals surface area contributed by atoms with E-state index < -0.39 is 5.91 Å². The van der Waals surface area contributed by atoms with Gasteiger partial charge >= 0.3 is 0 Å². The van der Waals surface area contributed by atoms with E-state index in [1.807, 2.05) is 6.07 Å². The minimum atomic E-state index is -0.574. The van der Waals surface area contributed by atoms with Gasteiger partial charge in [-0.15, -0.1) is 0 Å². The molecule has 1 aromatic heterocycles. The summed E-state index contributed by atoms with van der Waals surface area (Å²) in [6.45, 7) is 1.62. The summed E-state index contributed by atoms with van der Waals surface area (Å²) in [4.78, 5) is 29.2. The number of amides is 2. The van der Waals surface area contributed by atoms with Crippen molar-refractivity contribution < 1.29 is 9.59 Å². The van der Waals surface area contributed by atoms with Gasteiger partial charge in [-0.1, -0.05) is 24.3 Å². The van der Waals surface area contributed by atoms with Crippen LogP contribution < -0.4 is 10.6 Å². The van der Waals surface area contributed by atoms with Crippen LogP contribution in [0, 0.1) is 6.92 Å². The smallest absolute Gasteiger partial charge is 0.277 e. The van der Waals surface area contributed by atoms with Crippen LogP contribution in [0.2, 0.25) is 0 Å². The molecular formula is C15H15N3O2. The van der Waals surface area contributed by atoms with E-state index in [1.165, 1.54) is 4.90 Å². The quantitative estimate of drug-likeness (QED) is 0.914. The molecule has 102 valence electrons. The fourth-order valence-corrected chi connectivity index (χ4v) is 1.84. The van der Waals surface area contributed by atoms with Crippen molar-refractivity contribution in [2.24, 2.45) is 5.73 Å². The third kappa shape index (κ3) is 3.20.